The molecule has 0 bridgehead atoms. The van der Waals surface area contributed by atoms with E-state index in [0.29, 0.717) is 17.9 Å². The average Bonchev–Trinajstić information content (AvgIpc) is 2.71. The zero-order valence-electron chi connectivity index (χ0n) is 15.9. The van der Waals surface area contributed by atoms with E-state index in [4.69, 9.17) is 4.74 Å². The molecule has 0 aliphatic rings. The molecule has 2 amide bonds. The van der Waals surface area contributed by atoms with Crippen molar-refractivity contribution < 1.29 is 27.5 Å². The summed E-state index contributed by atoms with van der Waals surface area (Å²) in [5.74, 6) is -0.682. The largest absolute Gasteiger partial charge is 0.484 e. The van der Waals surface area contributed by atoms with Crippen molar-refractivity contribution in [3.05, 3.63) is 65.2 Å². The van der Waals surface area contributed by atoms with E-state index in [0.717, 1.165) is 18.2 Å². The molecule has 0 spiro atoms. The van der Waals surface area contributed by atoms with Gasteiger partial charge in [0.05, 0.1) is 5.56 Å². The molecule has 156 valence electrons. The van der Waals surface area contributed by atoms with E-state index in [1.165, 1.54) is 12.1 Å². The fourth-order valence-corrected chi connectivity index (χ4v) is 2.34. The Labute approximate surface area is 171 Å². The summed E-state index contributed by atoms with van der Waals surface area (Å²) >= 11 is 0. The minimum atomic E-state index is -4.55. The van der Waals surface area contributed by atoms with Crippen LogP contribution in [-0.4, -0.2) is 25.0 Å². The van der Waals surface area contributed by atoms with Crippen molar-refractivity contribution in [3.63, 3.8) is 0 Å². The summed E-state index contributed by atoms with van der Waals surface area (Å²) in [5.41, 5.74) is -0.782. The van der Waals surface area contributed by atoms with E-state index in [2.05, 4.69) is 10.6 Å². The predicted molar refractivity (Wildman–Crippen MR) is 104 cm³/mol. The third-order valence-corrected chi connectivity index (χ3v) is 3.75. The molecule has 0 saturated carbocycles. The number of carbonyl (C=O) groups is 2. The standard InChI is InChI=1S/C21H18F3N3O3/c1-2-26-19(28)13-30-18-8-6-14(7-9-18)10-15(12-25)20(29)27-17-5-3-4-16(11-17)21(22,23)24/h3-11H,2,13H2,1H3,(H,26,28)(H,27,29). The number of nitrogens with one attached hydrogen (secondary N) is 2. The van der Waals surface area contributed by atoms with Crippen LogP contribution in [0.4, 0.5) is 18.9 Å². The number of carbonyl (C=O) groups excluding carboxylic acids is 2. The highest BCUT2D eigenvalue weighted by atomic mass is 19.4. The second-order valence-electron chi connectivity index (χ2n) is 6.01. The van der Waals surface area contributed by atoms with Crippen molar-refractivity contribution in [1.29, 1.82) is 5.26 Å². The van der Waals surface area contributed by atoms with Crippen LogP contribution in [0.5, 0.6) is 5.75 Å². The van der Waals surface area contributed by atoms with Gasteiger partial charge >= 0.3 is 6.18 Å². The molecule has 0 aliphatic heterocycles. The molecule has 30 heavy (non-hydrogen) atoms. The lowest BCUT2D eigenvalue weighted by atomic mass is 10.1. The second kappa shape index (κ2) is 10.1. The zero-order chi connectivity index (χ0) is 22.1. The van der Waals surface area contributed by atoms with Gasteiger partial charge in [-0.3, -0.25) is 9.59 Å². The number of nitrogens with zero attached hydrogens (tertiary/aromatic N) is 1. The van der Waals surface area contributed by atoms with Gasteiger partial charge < -0.3 is 15.4 Å². The zero-order valence-corrected chi connectivity index (χ0v) is 15.9. The van der Waals surface area contributed by atoms with Crippen LogP contribution in [0.2, 0.25) is 0 Å². The van der Waals surface area contributed by atoms with E-state index in [1.54, 1.807) is 37.3 Å². The first kappa shape index (κ1) is 22.5. The average molecular weight is 417 g/mol. The summed E-state index contributed by atoms with van der Waals surface area (Å²) in [6.45, 7) is 2.13. The summed E-state index contributed by atoms with van der Waals surface area (Å²) in [7, 11) is 0. The van der Waals surface area contributed by atoms with Crippen LogP contribution in [0.15, 0.2) is 54.1 Å². The van der Waals surface area contributed by atoms with Gasteiger partial charge in [-0.2, -0.15) is 18.4 Å². The lowest BCUT2D eigenvalue weighted by Gasteiger charge is -2.09. The minimum Gasteiger partial charge on any atom is -0.484 e. The highest BCUT2D eigenvalue weighted by molar-refractivity contribution is 6.09. The van der Waals surface area contributed by atoms with E-state index < -0.39 is 17.6 Å². The number of halogens is 3. The predicted octanol–water partition coefficient (Wildman–Crippen LogP) is 3.77. The molecule has 0 saturated heterocycles. The number of hydrogen-bond acceptors (Lipinski definition) is 4. The van der Waals surface area contributed by atoms with Gasteiger partial charge in [-0.25, -0.2) is 0 Å². The smallest absolute Gasteiger partial charge is 0.416 e. The highest BCUT2D eigenvalue weighted by Gasteiger charge is 2.30. The molecule has 2 N–H and O–H groups in total. The summed E-state index contributed by atoms with van der Waals surface area (Å²) in [5, 5.41) is 14.1. The lowest BCUT2D eigenvalue weighted by Crippen LogP contribution is -2.28. The number of nitriles is 1. The molecule has 2 aromatic rings. The molecule has 0 fully saturated rings. The Morgan fingerprint density at radius 3 is 2.47 bits per heavy atom. The Hall–Kier alpha value is -3.80. The third-order valence-electron chi connectivity index (χ3n) is 3.75. The third kappa shape index (κ3) is 6.67. The molecule has 0 radical (unpaired) electrons. The van der Waals surface area contributed by atoms with Gasteiger partial charge in [-0.1, -0.05) is 18.2 Å². The van der Waals surface area contributed by atoms with Gasteiger partial charge in [-0.05, 0) is 48.9 Å². The molecule has 2 aromatic carbocycles. The summed E-state index contributed by atoms with van der Waals surface area (Å²) in [6, 6.07) is 12.1. The van der Waals surface area contributed by atoms with Crippen molar-refractivity contribution in [1.82, 2.24) is 5.32 Å². The number of alkyl halides is 3. The minimum absolute atomic E-state index is 0.0786. The highest BCUT2D eigenvalue weighted by Crippen LogP contribution is 2.30. The molecule has 0 heterocycles. The summed E-state index contributed by atoms with van der Waals surface area (Å²) in [6.07, 6.45) is -3.26. The van der Waals surface area contributed by atoms with E-state index in [1.807, 2.05) is 0 Å². The van der Waals surface area contributed by atoms with Gasteiger partial charge in [0.2, 0.25) is 0 Å². The van der Waals surface area contributed by atoms with Crippen molar-refractivity contribution in [2.75, 3.05) is 18.5 Å². The summed E-state index contributed by atoms with van der Waals surface area (Å²) in [4.78, 5) is 23.6. The maximum absolute atomic E-state index is 12.8. The molecule has 0 unspecified atom stereocenters. The van der Waals surface area contributed by atoms with Crippen LogP contribution in [0, 0.1) is 11.3 Å². The number of benzene rings is 2. The van der Waals surface area contributed by atoms with Crippen LogP contribution in [-0.2, 0) is 15.8 Å². The molecule has 9 heteroatoms. The SMILES string of the molecule is CCNC(=O)COc1ccc(C=C(C#N)C(=O)Nc2cccc(C(F)(F)F)c2)cc1. The Balaban J connectivity index is 2.07. The fraction of sp³-hybridized carbons (Fsp3) is 0.190. The van der Waals surface area contributed by atoms with Crippen LogP contribution < -0.4 is 15.4 Å². The van der Waals surface area contributed by atoms with E-state index in [9.17, 15) is 28.0 Å². The van der Waals surface area contributed by atoms with Crippen LogP contribution in [0.25, 0.3) is 6.08 Å². The molecule has 6 nitrogen and oxygen atoms in total. The monoisotopic (exact) mass is 417 g/mol. The molecular weight excluding hydrogens is 399 g/mol. The molecule has 0 atom stereocenters. The van der Waals surface area contributed by atoms with Gasteiger partial charge in [-0.15, -0.1) is 0 Å². The van der Waals surface area contributed by atoms with Crippen molar-refractivity contribution in [2.24, 2.45) is 0 Å². The number of rotatable bonds is 7. The van der Waals surface area contributed by atoms with Crippen LogP contribution in [0.3, 0.4) is 0 Å². The topological polar surface area (TPSA) is 91.2 Å². The lowest BCUT2D eigenvalue weighted by molar-refractivity contribution is -0.137. The van der Waals surface area contributed by atoms with Gasteiger partial charge in [0.1, 0.15) is 17.4 Å². The molecule has 0 aromatic heterocycles. The van der Waals surface area contributed by atoms with E-state index >= 15 is 0 Å². The summed E-state index contributed by atoms with van der Waals surface area (Å²) < 4.78 is 43.6. The van der Waals surface area contributed by atoms with Crippen LogP contribution >= 0.6 is 0 Å². The molecule has 2 rings (SSSR count). The Morgan fingerprint density at radius 2 is 1.87 bits per heavy atom. The van der Waals surface area contributed by atoms with E-state index in [-0.39, 0.29) is 23.8 Å². The first-order valence-electron chi connectivity index (χ1n) is 8.83. The van der Waals surface area contributed by atoms with Gasteiger partial charge in [0, 0.05) is 12.2 Å². The second-order valence-corrected chi connectivity index (χ2v) is 6.01. The van der Waals surface area contributed by atoms with Crippen molar-refractivity contribution in [3.8, 4) is 11.8 Å². The maximum atomic E-state index is 12.8. The van der Waals surface area contributed by atoms with Gasteiger partial charge in [0.15, 0.2) is 6.61 Å². The number of hydrogen-bond donors (Lipinski definition) is 2. The normalized spacial score (nSPS) is 11.4. The quantitative estimate of drug-likeness (QED) is 0.530. The molecular formula is C21H18F3N3O3. The number of amides is 2. The first-order chi connectivity index (χ1) is 14.2. The number of ether oxygens (including phenoxy) is 1. The fourth-order valence-electron chi connectivity index (χ4n) is 2.34. The van der Waals surface area contributed by atoms with Crippen molar-refractivity contribution >= 4 is 23.6 Å². The van der Waals surface area contributed by atoms with Crippen molar-refractivity contribution in [2.45, 2.75) is 13.1 Å². The number of anilines is 1. The Kier molecular flexibility index (Phi) is 7.58. The Bertz CT molecular complexity index is 977. The Morgan fingerprint density at radius 1 is 1.17 bits per heavy atom. The molecule has 0 aliphatic carbocycles. The van der Waals surface area contributed by atoms with Gasteiger partial charge in [0.25, 0.3) is 11.8 Å². The number of likely N-dealkylation sites (N-methyl/N-ethyl adjacent to an activating group) is 1. The van der Waals surface area contributed by atoms with Crippen LogP contribution in [0.1, 0.15) is 18.1 Å². The maximum Gasteiger partial charge on any atom is 0.416 e. The first-order valence-corrected chi connectivity index (χ1v) is 8.83.